The van der Waals surface area contributed by atoms with Crippen LogP contribution in [0.5, 0.6) is 0 Å². The van der Waals surface area contributed by atoms with Gasteiger partial charge in [-0.25, -0.2) is 9.97 Å². The van der Waals surface area contributed by atoms with Crippen LogP contribution in [0.1, 0.15) is 6.92 Å². The number of benzene rings is 1. The van der Waals surface area contributed by atoms with Crippen LogP contribution in [0.25, 0.3) is 21.8 Å². The number of nitrogens with zero attached hydrogens (tertiary/aromatic N) is 2. The van der Waals surface area contributed by atoms with Gasteiger partial charge in [0.25, 0.3) is 0 Å². The van der Waals surface area contributed by atoms with Gasteiger partial charge in [0, 0.05) is 17.0 Å². The van der Waals surface area contributed by atoms with E-state index in [2.05, 4.69) is 15.0 Å². The molecule has 1 aromatic carbocycles. The lowest BCUT2D eigenvalue weighted by molar-refractivity contribution is -0.139. The zero-order chi connectivity index (χ0) is 13.9. The number of carbonyl (C=O) groups is 1. The van der Waals surface area contributed by atoms with Crippen molar-refractivity contribution in [2.24, 2.45) is 0 Å². The topological polar surface area (TPSA) is 67.9 Å². The van der Waals surface area contributed by atoms with Crippen LogP contribution in [0.3, 0.4) is 0 Å². The normalized spacial score (nSPS) is 11.1. The standard InChI is InChI=1S/C14H13N3O2S/c1-2-19-13(18)7-20-12-5-9-3-4-11-10(14(9)17-12)6-15-8-16-11/h3-6,8H,2,7H2,1H3,(H,15,16). The summed E-state index contributed by atoms with van der Waals surface area (Å²) in [6.45, 7) is 2.20. The zero-order valence-electron chi connectivity index (χ0n) is 10.9. The Morgan fingerprint density at radius 3 is 3.20 bits per heavy atom. The molecule has 0 aliphatic carbocycles. The van der Waals surface area contributed by atoms with E-state index in [1.165, 1.54) is 11.8 Å². The first-order valence-corrected chi connectivity index (χ1v) is 7.26. The number of esters is 1. The van der Waals surface area contributed by atoms with E-state index in [9.17, 15) is 4.79 Å². The number of hydrogen-bond acceptors (Lipinski definition) is 5. The monoisotopic (exact) mass is 287 g/mol. The van der Waals surface area contributed by atoms with Crippen molar-refractivity contribution in [2.75, 3.05) is 12.4 Å². The van der Waals surface area contributed by atoms with Crippen LogP contribution in [-0.2, 0) is 9.53 Å². The molecule has 6 heteroatoms. The van der Waals surface area contributed by atoms with E-state index in [1.807, 2.05) is 18.2 Å². The average molecular weight is 287 g/mol. The van der Waals surface area contributed by atoms with Gasteiger partial charge in [-0.3, -0.25) is 4.79 Å². The maximum absolute atomic E-state index is 11.4. The molecule has 102 valence electrons. The first-order chi connectivity index (χ1) is 9.78. The molecule has 0 bridgehead atoms. The summed E-state index contributed by atoms with van der Waals surface area (Å²) in [6.07, 6.45) is 3.44. The number of carbonyl (C=O) groups excluding carboxylic acids is 1. The predicted octanol–water partition coefficient (Wildman–Crippen LogP) is 2.77. The summed E-state index contributed by atoms with van der Waals surface area (Å²) in [5, 5.41) is 2.85. The Morgan fingerprint density at radius 2 is 2.35 bits per heavy atom. The van der Waals surface area contributed by atoms with Crippen LogP contribution in [-0.4, -0.2) is 33.3 Å². The number of nitrogens with one attached hydrogen (secondary N) is 1. The summed E-state index contributed by atoms with van der Waals surface area (Å²) in [5.41, 5.74) is 1.89. The second-order valence-corrected chi connectivity index (χ2v) is 5.20. The quantitative estimate of drug-likeness (QED) is 0.590. The highest BCUT2D eigenvalue weighted by Crippen LogP contribution is 2.28. The zero-order valence-corrected chi connectivity index (χ0v) is 11.7. The minimum Gasteiger partial charge on any atom is -0.465 e. The van der Waals surface area contributed by atoms with Gasteiger partial charge in [-0.15, -0.1) is 0 Å². The molecule has 20 heavy (non-hydrogen) atoms. The van der Waals surface area contributed by atoms with Gasteiger partial charge >= 0.3 is 5.97 Å². The van der Waals surface area contributed by atoms with Crippen molar-refractivity contribution in [3.63, 3.8) is 0 Å². The van der Waals surface area contributed by atoms with Crippen LogP contribution in [0, 0.1) is 0 Å². The molecular formula is C14H13N3O2S. The lowest BCUT2D eigenvalue weighted by Gasteiger charge is -1.99. The molecule has 0 atom stereocenters. The van der Waals surface area contributed by atoms with Gasteiger partial charge in [0.1, 0.15) is 0 Å². The maximum atomic E-state index is 11.4. The molecule has 5 nitrogen and oxygen atoms in total. The van der Waals surface area contributed by atoms with Crippen LogP contribution >= 0.6 is 11.8 Å². The van der Waals surface area contributed by atoms with E-state index in [1.54, 1.807) is 19.4 Å². The molecule has 0 amide bonds. The minimum atomic E-state index is -0.218. The van der Waals surface area contributed by atoms with E-state index in [0.717, 1.165) is 26.8 Å². The Kier molecular flexibility index (Phi) is 3.56. The molecule has 0 radical (unpaired) electrons. The summed E-state index contributed by atoms with van der Waals surface area (Å²) in [7, 11) is 0. The summed E-state index contributed by atoms with van der Waals surface area (Å²) in [6, 6.07) is 5.99. The molecule has 2 aromatic heterocycles. The number of rotatable bonds is 4. The molecule has 0 unspecified atom stereocenters. The number of aromatic nitrogens is 3. The smallest absolute Gasteiger partial charge is 0.316 e. The van der Waals surface area contributed by atoms with Gasteiger partial charge in [0.05, 0.1) is 34.7 Å². The first-order valence-electron chi connectivity index (χ1n) is 6.28. The van der Waals surface area contributed by atoms with Gasteiger partial charge in [0.2, 0.25) is 0 Å². The van der Waals surface area contributed by atoms with Gasteiger partial charge in [-0.2, -0.15) is 0 Å². The fraction of sp³-hybridized carbons (Fsp3) is 0.214. The predicted molar refractivity (Wildman–Crippen MR) is 78.8 cm³/mol. The number of thioether (sulfide) groups is 1. The molecule has 2 heterocycles. The molecule has 3 aromatic rings. The van der Waals surface area contributed by atoms with Gasteiger partial charge in [0.15, 0.2) is 0 Å². The molecule has 0 saturated heterocycles. The minimum absolute atomic E-state index is 0.218. The van der Waals surface area contributed by atoms with Crippen molar-refractivity contribution >= 4 is 39.5 Å². The van der Waals surface area contributed by atoms with Gasteiger partial charge in [-0.05, 0) is 19.1 Å². The van der Waals surface area contributed by atoms with Gasteiger partial charge in [-0.1, -0.05) is 17.8 Å². The first kappa shape index (κ1) is 12.9. The number of aromatic amines is 1. The average Bonchev–Trinajstić information content (AvgIpc) is 2.89. The molecule has 3 rings (SSSR count). The third-order valence-corrected chi connectivity index (χ3v) is 3.78. The Morgan fingerprint density at radius 1 is 1.45 bits per heavy atom. The molecule has 0 aliphatic rings. The van der Waals surface area contributed by atoms with Crippen molar-refractivity contribution in [2.45, 2.75) is 11.9 Å². The summed E-state index contributed by atoms with van der Waals surface area (Å²) in [5.74, 6) is 0.0591. The fourth-order valence-corrected chi connectivity index (χ4v) is 2.74. The summed E-state index contributed by atoms with van der Waals surface area (Å²) in [4.78, 5) is 23.1. The number of hydrogen-bond donors (Lipinski definition) is 1. The Bertz CT molecular complexity index is 769. The maximum Gasteiger partial charge on any atom is 0.316 e. The third-order valence-electron chi connectivity index (χ3n) is 2.89. The van der Waals surface area contributed by atoms with Crippen molar-refractivity contribution in [1.29, 1.82) is 0 Å². The molecule has 0 saturated carbocycles. The Balaban J connectivity index is 1.90. The van der Waals surface area contributed by atoms with Crippen molar-refractivity contribution in [3.05, 3.63) is 30.7 Å². The SMILES string of the molecule is CCOC(=O)CSc1cc2ccc3[nH]cncc3c2n1. The second-order valence-electron chi connectivity index (χ2n) is 4.20. The lowest BCUT2D eigenvalue weighted by atomic mass is 10.2. The summed E-state index contributed by atoms with van der Waals surface area (Å²) >= 11 is 1.39. The van der Waals surface area contributed by atoms with E-state index < -0.39 is 0 Å². The molecule has 0 spiro atoms. The van der Waals surface area contributed by atoms with E-state index in [-0.39, 0.29) is 11.7 Å². The lowest BCUT2D eigenvalue weighted by Crippen LogP contribution is -2.06. The second kappa shape index (κ2) is 5.50. The Labute approximate surface area is 119 Å². The number of fused-ring (bicyclic) bond motifs is 3. The van der Waals surface area contributed by atoms with Crippen molar-refractivity contribution < 1.29 is 9.53 Å². The largest absolute Gasteiger partial charge is 0.465 e. The van der Waals surface area contributed by atoms with Gasteiger partial charge < -0.3 is 9.72 Å². The van der Waals surface area contributed by atoms with Crippen molar-refractivity contribution in [1.82, 2.24) is 15.0 Å². The van der Waals surface area contributed by atoms with Crippen molar-refractivity contribution in [3.8, 4) is 0 Å². The van der Waals surface area contributed by atoms with Crippen LogP contribution in [0.2, 0.25) is 0 Å². The highest BCUT2D eigenvalue weighted by atomic mass is 32.2. The number of H-pyrrole nitrogens is 1. The molecule has 1 N–H and O–H groups in total. The highest BCUT2D eigenvalue weighted by Gasteiger charge is 2.09. The van der Waals surface area contributed by atoms with Crippen LogP contribution in [0.4, 0.5) is 0 Å². The third kappa shape index (κ3) is 2.46. The summed E-state index contributed by atoms with van der Waals surface area (Å²) < 4.78 is 4.91. The van der Waals surface area contributed by atoms with E-state index in [4.69, 9.17) is 4.74 Å². The van der Waals surface area contributed by atoms with E-state index in [0.29, 0.717) is 6.61 Å². The van der Waals surface area contributed by atoms with Crippen LogP contribution in [0.15, 0.2) is 35.7 Å². The molecule has 0 aliphatic heterocycles. The van der Waals surface area contributed by atoms with Crippen LogP contribution < -0.4 is 0 Å². The fourth-order valence-electron chi connectivity index (χ4n) is 2.03. The van der Waals surface area contributed by atoms with E-state index >= 15 is 0 Å². The number of ether oxygens (including phenoxy) is 1. The molecule has 0 fully saturated rings. The molecular weight excluding hydrogens is 274 g/mol. The Hall–Kier alpha value is -2.08. The highest BCUT2D eigenvalue weighted by molar-refractivity contribution is 7.99.